The Kier molecular flexibility index (Phi) is 5.99. The van der Waals surface area contributed by atoms with Crippen LogP contribution in [0.5, 0.6) is 0 Å². The highest BCUT2D eigenvalue weighted by Gasteiger charge is 2.29. The maximum Gasteiger partial charge on any atom is 0.248 e. The first-order valence-electron chi connectivity index (χ1n) is 9.53. The number of aromatic nitrogens is 1. The van der Waals surface area contributed by atoms with Crippen molar-refractivity contribution < 1.29 is 17.7 Å². The van der Waals surface area contributed by atoms with Crippen LogP contribution in [0.25, 0.3) is 11.1 Å². The van der Waals surface area contributed by atoms with Crippen LogP contribution in [0.2, 0.25) is 0 Å². The molecule has 0 amide bonds. The molecule has 4 nitrogen and oxygen atoms in total. The van der Waals surface area contributed by atoms with Crippen molar-refractivity contribution in [1.29, 1.82) is 0 Å². The van der Waals surface area contributed by atoms with E-state index in [0.29, 0.717) is 23.5 Å². The van der Waals surface area contributed by atoms with Crippen LogP contribution in [0.15, 0.2) is 64.4 Å². The Bertz CT molecular complexity index is 1050. The summed E-state index contributed by atoms with van der Waals surface area (Å²) >= 11 is -1.32. The van der Waals surface area contributed by atoms with Crippen molar-refractivity contribution >= 4 is 11.4 Å². The Labute approximate surface area is 174 Å². The van der Waals surface area contributed by atoms with Gasteiger partial charge in [-0.05, 0) is 47.6 Å². The standard InChI is InChI=1S/C22H19F3N2O2S/c23-19-11-17(12-20(24)22(19)25)15-3-1-14(2-4-15)16-7-9-27(10-8-16)30(29)18-5-6-21(28)26-13-18/h1-6,11-13,16H,7-10H2,(H,26,28). The van der Waals surface area contributed by atoms with Gasteiger partial charge in [-0.1, -0.05) is 24.3 Å². The summed E-state index contributed by atoms with van der Waals surface area (Å²) in [6.07, 6.45) is 3.10. The number of rotatable bonds is 4. The SMILES string of the molecule is O=c1ccc([S+]([O-])N2CCC(c3ccc(-c4cc(F)c(F)c(F)c4)cc3)CC2)c[nH]1. The van der Waals surface area contributed by atoms with Gasteiger partial charge in [0, 0.05) is 25.2 Å². The number of hydrogen-bond donors (Lipinski definition) is 1. The number of nitrogens with one attached hydrogen (secondary N) is 1. The largest absolute Gasteiger partial charge is 0.593 e. The Morgan fingerprint density at radius 3 is 2.13 bits per heavy atom. The summed E-state index contributed by atoms with van der Waals surface area (Å²) in [6.45, 7) is 1.29. The molecule has 1 aromatic heterocycles. The van der Waals surface area contributed by atoms with Crippen LogP contribution in [0.3, 0.4) is 0 Å². The topological polar surface area (TPSA) is 59.2 Å². The number of pyridine rings is 1. The molecular weight excluding hydrogens is 413 g/mol. The van der Waals surface area contributed by atoms with E-state index in [4.69, 9.17) is 0 Å². The Morgan fingerprint density at radius 2 is 1.57 bits per heavy atom. The van der Waals surface area contributed by atoms with Gasteiger partial charge in [-0.3, -0.25) is 4.79 Å². The van der Waals surface area contributed by atoms with Crippen LogP contribution in [0.1, 0.15) is 24.3 Å². The number of hydrogen-bond acceptors (Lipinski definition) is 3. The average Bonchev–Trinajstić information content (AvgIpc) is 2.77. The number of piperidine rings is 1. The minimum atomic E-state index is -1.47. The molecule has 0 saturated carbocycles. The molecule has 0 aliphatic carbocycles. The van der Waals surface area contributed by atoms with Gasteiger partial charge in [0.15, 0.2) is 22.3 Å². The van der Waals surface area contributed by atoms with Crippen molar-refractivity contribution in [2.75, 3.05) is 13.1 Å². The van der Waals surface area contributed by atoms with E-state index in [2.05, 4.69) is 4.98 Å². The lowest BCUT2D eigenvalue weighted by Crippen LogP contribution is -2.38. The van der Waals surface area contributed by atoms with Crippen molar-refractivity contribution in [3.63, 3.8) is 0 Å². The van der Waals surface area contributed by atoms with Crippen LogP contribution in [0.4, 0.5) is 13.2 Å². The Morgan fingerprint density at radius 1 is 0.933 bits per heavy atom. The first-order valence-corrected chi connectivity index (χ1v) is 10.6. The van der Waals surface area contributed by atoms with E-state index in [1.165, 1.54) is 12.3 Å². The zero-order valence-corrected chi connectivity index (χ0v) is 16.7. The molecule has 2 aromatic carbocycles. The van der Waals surface area contributed by atoms with Gasteiger partial charge < -0.3 is 9.54 Å². The molecule has 1 aliphatic heterocycles. The predicted molar refractivity (Wildman–Crippen MR) is 109 cm³/mol. The fourth-order valence-electron chi connectivity index (χ4n) is 3.68. The first kappa shape index (κ1) is 20.7. The monoisotopic (exact) mass is 432 g/mol. The molecule has 1 saturated heterocycles. The van der Waals surface area contributed by atoms with Crippen LogP contribution < -0.4 is 5.56 Å². The van der Waals surface area contributed by atoms with Gasteiger partial charge in [-0.15, -0.1) is 4.31 Å². The molecule has 1 aliphatic rings. The second-order valence-electron chi connectivity index (χ2n) is 7.22. The maximum absolute atomic E-state index is 13.5. The van der Waals surface area contributed by atoms with Crippen molar-refractivity contribution in [1.82, 2.24) is 9.29 Å². The van der Waals surface area contributed by atoms with Gasteiger partial charge in [-0.2, -0.15) is 0 Å². The second-order valence-corrected chi connectivity index (χ2v) is 8.70. The summed E-state index contributed by atoms with van der Waals surface area (Å²) in [4.78, 5) is 14.3. The molecule has 1 unspecified atom stereocenters. The Balaban J connectivity index is 1.41. The van der Waals surface area contributed by atoms with Crippen LogP contribution >= 0.6 is 0 Å². The number of benzene rings is 2. The normalized spacial score (nSPS) is 16.5. The van der Waals surface area contributed by atoms with Gasteiger partial charge in [0.25, 0.3) is 0 Å². The summed E-state index contributed by atoms with van der Waals surface area (Å²) in [5.41, 5.74) is 1.75. The van der Waals surface area contributed by atoms with Gasteiger partial charge in [0.1, 0.15) is 0 Å². The van der Waals surface area contributed by atoms with E-state index < -0.39 is 28.8 Å². The molecule has 0 radical (unpaired) electrons. The third kappa shape index (κ3) is 4.30. The van der Waals surface area contributed by atoms with Crippen molar-refractivity contribution in [2.45, 2.75) is 23.7 Å². The number of aromatic amines is 1. The van der Waals surface area contributed by atoms with E-state index in [0.717, 1.165) is 30.5 Å². The molecule has 156 valence electrons. The van der Waals surface area contributed by atoms with Crippen molar-refractivity contribution in [3.05, 3.63) is 88.1 Å². The van der Waals surface area contributed by atoms with E-state index in [-0.39, 0.29) is 17.0 Å². The smallest absolute Gasteiger partial charge is 0.248 e. The summed E-state index contributed by atoms with van der Waals surface area (Å²) in [5, 5.41) is 0. The Hall–Kier alpha value is -2.55. The summed E-state index contributed by atoms with van der Waals surface area (Å²) in [5.74, 6) is -3.61. The highest BCUT2D eigenvalue weighted by molar-refractivity contribution is 7.89. The van der Waals surface area contributed by atoms with E-state index in [1.807, 2.05) is 16.4 Å². The van der Waals surface area contributed by atoms with Gasteiger partial charge in [-0.25, -0.2) is 13.2 Å². The second kappa shape index (κ2) is 8.67. The van der Waals surface area contributed by atoms with E-state index >= 15 is 0 Å². The number of halogens is 3. The number of nitrogens with zero attached hydrogens (tertiary/aromatic N) is 1. The lowest BCUT2D eigenvalue weighted by molar-refractivity contribution is 0.319. The summed E-state index contributed by atoms with van der Waals surface area (Å²) in [6, 6.07) is 12.3. The average molecular weight is 432 g/mol. The van der Waals surface area contributed by atoms with Crippen LogP contribution in [-0.4, -0.2) is 26.9 Å². The minimum absolute atomic E-state index is 0.232. The molecular formula is C22H19F3N2O2S. The van der Waals surface area contributed by atoms with Crippen LogP contribution in [-0.2, 0) is 11.4 Å². The van der Waals surface area contributed by atoms with Crippen molar-refractivity contribution in [3.8, 4) is 11.1 Å². The molecule has 8 heteroatoms. The molecule has 0 bridgehead atoms. The number of H-pyrrole nitrogens is 1. The first-order chi connectivity index (χ1) is 14.4. The molecule has 3 aromatic rings. The van der Waals surface area contributed by atoms with Gasteiger partial charge in [0.2, 0.25) is 5.56 Å². The molecule has 0 spiro atoms. The minimum Gasteiger partial charge on any atom is -0.593 e. The highest BCUT2D eigenvalue weighted by Crippen LogP contribution is 2.32. The van der Waals surface area contributed by atoms with Crippen molar-refractivity contribution in [2.24, 2.45) is 0 Å². The lowest BCUT2D eigenvalue weighted by Gasteiger charge is -2.31. The van der Waals surface area contributed by atoms with E-state index in [9.17, 15) is 22.5 Å². The third-order valence-electron chi connectivity index (χ3n) is 5.34. The highest BCUT2D eigenvalue weighted by atomic mass is 32.2. The molecule has 4 rings (SSSR count). The van der Waals surface area contributed by atoms with Gasteiger partial charge >= 0.3 is 0 Å². The fraction of sp³-hybridized carbons (Fsp3) is 0.227. The molecule has 1 N–H and O–H groups in total. The summed E-state index contributed by atoms with van der Waals surface area (Å²) in [7, 11) is 0. The molecule has 1 atom stereocenters. The molecule has 2 heterocycles. The van der Waals surface area contributed by atoms with Crippen LogP contribution in [0, 0.1) is 17.5 Å². The third-order valence-corrected chi connectivity index (χ3v) is 6.84. The quantitative estimate of drug-likeness (QED) is 0.492. The lowest BCUT2D eigenvalue weighted by atomic mass is 9.89. The fourth-order valence-corrected chi connectivity index (χ4v) is 4.86. The zero-order chi connectivity index (χ0) is 21.3. The predicted octanol–water partition coefficient (Wildman–Crippen LogP) is 4.36. The van der Waals surface area contributed by atoms with Gasteiger partial charge in [0.05, 0.1) is 17.6 Å². The molecule has 30 heavy (non-hydrogen) atoms. The zero-order valence-electron chi connectivity index (χ0n) is 15.9. The maximum atomic E-state index is 13.5. The van der Waals surface area contributed by atoms with E-state index in [1.54, 1.807) is 18.2 Å². The summed E-state index contributed by atoms with van der Waals surface area (Å²) < 4.78 is 54.7. The molecule has 1 fully saturated rings.